The number of carbonyl (C=O) groups is 2. The molecule has 6 heteroatoms. The number of hydrogen-bond donors (Lipinski definition) is 2. The Bertz CT molecular complexity index is 315. The lowest BCUT2D eigenvalue weighted by molar-refractivity contribution is -0.121. The second-order valence-electron chi connectivity index (χ2n) is 5.14. The predicted molar refractivity (Wildman–Crippen MR) is 68.2 cm³/mol. The van der Waals surface area contributed by atoms with Crippen LogP contribution < -0.4 is 10.6 Å². The Morgan fingerprint density at radius 2 is 2.33 bits per heavy atom. The smallest absolute Gasteiger partial charge is 0.320 e. The molecule has 0 unspecified atom stereocenters. The van der Waals surface area contributed by atoms with Crippen molar-refractivity contribution in [2.24, 2.45) is 5.92 Å². The summed E-state index contributed by atoms with van der Waals surface area (Å²) in [7, 11) is 1.76. The number of urea groups is 1. The van der Waals surface area contributed by atoms with Gasteiger partial charge in [-0.05, 0) is 31.8 Å². The summed E-state index contributed by atoms with van der Waals surface area (Å²) >= 11 is 0. The molecule has 2 N–H and O–H groups in total. The average molecular weight is 254 g/mol. The number of likely N-dealkylation sites (N-methyl/N-ethyl adjacent to an activating group) is 1. The largest absolute Gasteiger partial charge is 0.354 e. The molecule has 2 aliphatic heterocycles. The molecule has 0 saturated carbocycles. The maximum Gasteiger partial charge on any atom is 0.320 e. The van der Waals surface area contributed by atoms with E-state index < -0.39 is 0 Å². The molecule has 2 saturated heterocycles. The molecule has 3 amide bonds. The van der Waals surface area contributed by atoms with Crippen LogP contribution in [0.1, 0.15) is 12.8 Å². The summed E-state index contributed by atoms with van der Waals surface area (Å²) in [6.45, 7) is 4.31. The van der Waals surface area contributed by atoms with Gasteiger partial charge in [0.1, 0.15) is 6.54 Å². The lowest BCUT2D eigenvalue weighted by atomic mass is 10.00. The summed E-state index contributed by atoms with van der Waals surface area (Å²) < 4.78 is 0. The third-order valence-corrected chi connectivity index (χ3v) is 3.62. The van der Waals surface area contributed by atoms with E-state index in [9.17, 15) is 9.59 Å². The summed E-state index contributed by atoms with van der Waals surface area (Å²) in [5, 5.41) is 6.25. The van der Waals surface area contributed by atoms with Crippen LogP contribution in [0.25, 0.3) is 0 Å². The maximum atomic E-state index is 11.7. The van der Waals surface area contributed by atoms with Crippen LogP contribution in [0.15, 0.2) is 0 Å². The number of rotatable bonds is 4. The third kappa shape index (κ3) is 3.35. The van der Waals surface area contributed by atoms with Gasteiger partial charge in [-0.1, -0.05) is 0 Å². The molecule has 0 bridgehead atoms. The first-order valence-electron chi connectivity index (χ1n) is 6.64. The standard InChI is InChI=1S/C12H22N4O2/c1-15-5-6-16(12(15)18)9-11(17)14-8-10-3-2-4-13-7-10/h10,13H,2-9H2,1H3,(H,14,17)/t10-/m0/s1. The van der Waals surface area contributed by atoms with Crippen LogP contribution in [0.3, 0.4) is 0 Å². The molecule has 0 aliphatic carbocycles. The normalized spacial score (nSPS) is 24.5. The molecule has 2 heterocycles. The van der Waals surface area contributed by atoms with Crippen molar-refractivity contribution in [1.29, 1.82) is 0 Å². The summed E-state index contributed by atoms with van der Waals surface area (Å²) in [4.78, 5) is 26.6. The molecule has 18 heavy (non-hydrogen) atoms. The number of piperidine rings is 1. The van der Waals surface area contributed by atoms with Crippen molar-refractivity contribution in [1.82, 2.24) is 20.4 Å². The summed E-state index contributed by atoms with van der Waals surface area (Å²) in [6, 6.07) is -0.0514. The zero-order valence-corrected chi connectivity index (χ0v) is 10.9. The fourth-order valence-electron chi connectivity index (χ4n) is 2.44. The molecule has 0 spiro atoms. The van der Waals surface area contributed by atoms with E-state index in [1.807, 2.05) is 0 Å². The minimum atomic E-state index is -0.0516. The molecule has 0 aromatic carbocycles. The van der Waals surface area contributed by atoms with Gasteiger partial charge in [-0.3, -0.25) is 4.79 Å². The van der Waals surface area contributed by atoms with E-state index in [0.717, 1.165) is 13.1 Å². The number of carbonyl (C=O) groups excluding carboxylic acids is 2. The number of amides is 3. The van der Waals surface area contributed by atoms with Gasteiger partial charge in [0.25, 0.3) is 0 Å². The Morgan fingerprint density at radius 1 is 1.50 bits per heavy atom. The Balaban J connectivity index is 1.67. The van der Waals surface area contributed by atoms with Crippen LogP contribution in [0.2, 0.25) is 0 Å². The average Bonchev–Trinajstić information content (AvgIpc) is 2.70. The number of hydrogen-bond acceptors (Lipinski definition) is 3. The van der Waals surface area contributed by atoms with E-state index >= 15 is 0 Å². The van der Waals surface area contributed by atoms with E-state index in [1.54, 1.807) is 16.8 Å². The molecule has 6 nitrogen and oxygen atoms in total. The zero-order chi connectivity index (χ0) is 13.0. The van der Waals surface area contributed by atoms with Crippen molar-refractivity contribution in [2.45, 2.75) is 12.8 Å². The van der Waals surface area contributed by atoms with Crippen molar-refractivity contribution < 1.29 is 9.59 Å². The molecule has 0 aromatic heterocycles. The van der Waals surface area contributed by atoms with Crippen molar-refractivity contribution in [2.75, 3.05) is 46.3 Å². The van der Waals surface area contributed by atoms with Gasteiger partial charge in [0.15, 0.2) is 0 Å². The second-order valence-corrected chi connectivity index (χ2v) is 5.14. The molecule has 1 atom stereocenters. The van der Waals surface area contributed by atoms with E-state index in [-0.39, 0.29) is 18.5 Å². The molecule has 0 aromatic rings. The summed E-state index contributed by atoms with van der Waals surface area (Å²) in [6.07, 6.45) is 2.34. The Kier molecular flexibility index (Phi) is 4.41. The Labute approximate surface area is 108 Å². The first-order valence-corrected chi connectivity index (χ1v) is 6.64. The first-order chi connectivity index (χ1) is 8.66. The molecule has 2 fully saturated rings. The highest BCUT2D eigenvalue weighted by Gasteiger charge is 2.26. The van der Waals surface area contributed by atoms with E-state index in [4.69, 9.17) is 0 Å². The van der Waals surface area contributed by atoms with Gasteiger partial charge in [-0.25, -0.2) is 4.79 Å². The molecular weight excluding hydrogens is 232 g/mol. The van der Waals surface area contributed by atoms with Gasteiger partial charge >= 0.3 is 6.03 Å². The lowest BCUT2D eigenvalue weighted by Gasteiger charge is -2.23. The van der Waals surface area contributed by atoms with E-state index in [1.165, 1.54) is 12.8 Å². The Morgan fingerprint density at radius 3 is 2.94 bits per heavy atom. The van der Waals surface area contributed by atoms with Gasteiger partial charge in [-0.2, -0.15) is 0 Å². The maximum absolute atomic E-state index is 11.7. The second kappa shape index (κ2) is 6.04. The van der Waals surface area contributed by atoms with Gasteiger partial charge in [0.05, 0.1) is 0 Å². The van der Waals surface area contributed by atoms with Crippen LogP contribution >= 0.6 is 0 Å². The van der Waals surface area contributed by atoms with Crippen molar-refractivity contribution in [3.8, 4) is 0 Å². The Hall–Kier alpha value is -1.30. The lowest BCUT2D eigenvalue weighted by Crippen LogP contribution is -2.43. The summed E-state index contributed by atoms with van der Waals surface area (Å²) in [5.74, 6) is 0.476. The molecule has 0 radical (unpaired) electrons. The highest BCUT2D eigenvalue weighted by molar-refractivity contribution is 5.84. The fraction of sp³-hybridized carbons (Fsp3) is 0.833. The van der Waals surface area contributed by atoms with E-state index in [2.05, 4.69) is 10.6 Å². The quantitative estimate of drug-likeness (QED) is 0.709. The predicted octanol–water partition coefficient (Wildman–Crippen LogP) is -0.530. The van der Waals surface area contributed by atoms with Gasteiger partial charge in [-0.15, -0.1) is 0 Å². The number of nitrogens with one attached hydrogen (secondary N) is 2. The van der Waals surface area contributed by atoms with Gasteiger partial charge in [0.2, 0.25) is 5.91 Å². The molecular formula is C12H22N4O2. The SMILES string of the molecule is CN1CCN(CC(=O)NC[C@H]2CCCNC2)C1=O. The number of nitrogens with zero attached hydrogens (tertiary/aromatic N) is 2. The molecule has 2 aliphatic rings. The molecule has 102 valence electrons. The van der Waals surface area contributed by atoms with E-state index in [0.29, 0.717) is 25.6 Å². The van der Waals surface area contributed by atoms with Crippen LogP contribution in [0.4, 0.5) is 4.79 Å². The van der Waals surface area contributed by atoms with Gasteiger partial charge < -0.3 is 20.4 Å². The molecule has 2 rings (SSSR count). The summed E-state index contributed by atoms with van der Waals surface area (Å²) in [5.41, 5.74) is 0. The van der Waals surface area contributed by atoms with Crippen LogP contribution in [0.5, 0.6) is 0 Å². The monoisotopic (exact) mass is 254 g/mol. The highest BCUT2D eigenvalue weighted by atomic mass is 16.2. The third-order valence-electron chi connectivity index (χ3n) is 3.62. The van der Waals surface area contributed by atoms with Gasteiger partial charge in [0, 0.05) is 26.7 Å². The minimum Gasteiger partial charge on any atom is -0.354 e. The fourth-order valence-corrected chi connectivity index (χ4v) is 2.44. The highest BCUT2D eigenvalue weighted by Crippen LogP contribution is 2.08. The van der Waals surface area contributed by atoms with Crippen LogP contribution in [0, 0.1) is 5.92 Å². The van der Waals surface area contributed by atoms with Crippen LogP contribution in [-0.2, 0) is 4.79 Å². The zero-order valence-electron chi connectivity index (χ0n) is 10.9. The minimum absolute atomic E-state index is 0.0514. The van der Waals surface area contributed by atoms with Crippen LogP contribution in [-0.4, -0.2) is 68.1 Å². The topological polar surface area (TPSA) is 64.7 Å². The van der Waals surface area contributed by atoms with Crippen molar-refractivity contribution in [3.63, 3.8) is 0 Å². The van der Waals surface area contributed by atoms with Crippen molar-refractivity contribution in [3.05, 3.63) is 0 Å². The first kappa shape index (κ1) is 13.1. The van der Waals surface area contributed by atoms with Crippen molar-refractivity contribution >= 4 is 11.9 Å².